The van der Waals surface area contributed by atoms with Crippen LogP contribution in [0.25, 0.3) is 0 Å². The standard InChI is InChI=1S/C7H7N2O3S/c8-13(11,12)7-3-1-6(2-4-7)9-5-10/h1-4H,(H,9,10)(H2,8,11,12). The van der Waals surface area contributed by atoms with Crippen LogP contribution in [0, 0.1) is 0 Å². The molecule has 0 unspecified atom stereocenters. The lowest BCUT2D eigenvalue weighted by Gasteiger charge is -1.99. The summed E-state index contributed by atoms with van der Waals surface area (Å²) in [6.45, 7) is 0. The molecular formula is C7H7N2O3S. The molecule has 1 rings (SSSR count). The molecule has 13 heavy (non-hydrogen) atoms. The van der Waals surface area contributed by atoms with Crippen LogP contribution in [0.2, 0.25) is 0 Å². The van der Waals surface area contributed by atoms with Crippen molar-refractivity contribution in [3.05, 3.63) is 24.3 Å². The molecule has 5 nitrogen and oxygen atoms in total. The number of anilines is 1. The average molecular weight is 199 g/mol. The minimum absolute atomic E-state index is 0.00366. The van der Waals surface area contributed by atoms with Crippen molar-refractivity contribution in [2.75, 3.05) is 5.32 Å². The average Bonchev–Trinajstić information content (AvgIpc) is 2.04. The first-order chi connectivity index (χ1) is 6.04. The van der Waals surface area contributed by atoms with Crippen LogP contribution in [0.15, 0.2) is 29.2 Å². The van der Waals surface area contributed by atoms with E-state index in [1.165, 1.54) is 30.7 Å². The van der Waals surface area contributed by atoms with Gasteiger partial charge < -0.3 is 5.32 Å². The Morgan fingerprint density at radius 1 is 1.23 bits per heavy atom. The molecule has 0 bridgehead atoms. The SMILES string of the molecule is NS(=O)(=O)c1ccc(N[C]=O)cc1. The predicted octanol–water partition coefficient (Wildman–Crippen LogP) is -0.187. The van der Waals surface area contributed by atoms with Crippen molar-refractivity contribution < 1.29 is 13.2 Å². The molecule has 6 heteroatoms. The lowest BCUT2D eigenvalue weighted by Crippen LogP contribution is -2.11. The fourth-order valence-corrected chi connectivity index (χ4v) is 1.30. The molecular weight excluding hydrogens is 192 g/mol. The number of benzene rings is 1. The summed E-state index contributed by atoms with van der Waals surface area (Å²) < 4.78 is 21.6. The Morgan fingerprint density at radius 3 is 2.15 bits per heavy atom. The van der Waals surface area contributed by atoms with E-state index in [1.807, 2.05) is 0 Å². The van der Waals surface area contributed by atoms with E-state index in [9.17, 15) is 13.2 Å². The predicted molar refractivity (Wildman–Crippen MR) is 47.1 cm³/mol. The van der Waals surface area contributed by atoms with E-state index in [0.717, 1.165) is 0 Å². The van der Waals surface area contributed by atoms with Crippen molar-refractivity contribution >= 4 is 22.1 Å². The van der Waals surface area contributed by atoms with Crippen LogP contribution < -0.4 is 10.5 Å². The minimum Gasteiger partial charge on any atom is -0.318 e. The van der Waals surface area contributed by atoms with Crippen LogP contribution in [-0.2, 0) is 14.8 Å². The molecule has 0 heterocycles. The van der Waals surface area contributed by atoms with Gasteiger partial charge in [-0.15, -0.1) is 0 Å². The number of hydrogen-bond acceptors (Lipinski definition) is 3. The fraction of sp³-hybridized carbons (Fsp3) is 0. The highest BCUT2D eigenvalue weighted by molar-refractivity contribution is 7.89. The molecule has 0 fully saturated rings. The highest BCUT2D eigenvalue weighted by Gasteiger charge is 2.05. The Morgan fingerprint density at radius 2 is 1.77 bits per heavy atom. The van der Waals surface area contributed by atoms with E-state index in [2.05, 4.69) is 5.32 Å². The number of hydrogen-bond donors (Lipinski definition) is 2. The number of nitrogens with two attached hydrogens (primary N) is 1. The maximum atomic E-state index is 10.8. The van der Waals surface area contributed by atoms with E-state index in [0.29, 0.717) is 5.69 Å². The first-order valence-electron chi connectivity index (χ1n) is 3.30. The number of rotatable bonds is 3. The Hall–Kier alpha value is -1.40. The topological polar surface area (TPSA) is 89.3 Å². The third kappa shape index (κ3) is 2.53. The number of sulfonamides is 1. The van der Waals surface area contributed by atoms with E-state index < -0.39 is 10.0 Å². The van der Waals surface area contributed by atoms with Gasteiger partial charge in [-0.3, -0.25) is 4.79 Å². The molecule has 0 atom stereocenters. The molecule has 0 spiro atoms. The lowest BCUT2D eigenvalue weighted by molar-refractivity contribution is 0.561. The maximum Gasteiger partial charge on any atom is 0.314 e. The molecule has 0 saturated heterocycles. The first kappa shape index (κ1) is 9.69. The zero-order valence-corrected chi connectivity index (χ0v) is 7.34. The van der Waals surface area contributed by atoms with Crippen LogP contribution in [0.3, 0.4) is 0 Å². The Labute approximate surface area is 75.6 Å². The van der Waals surface area contributed by atoms with E-state index in [4.69, 9.17) is 5.14 Å². The molecule has 1 radical (unpaired) electrons. The van der Waals surface area contributed by atoms with Crippen molar-refractivity contribution in [1.29, 1.82) is 0 Å². The smallest absolute Gasteiger partial charge is 0.314 e. The molecule has 0 saturated carbocycles. The summed E-state index contributed by atoms with van der Waals surface area (Å²) in [6, 6.07) is 5.44. The second-order valence-electron chi connectivity index (χ2n) is 2.30. The number of nitrogens with one attached hydrogen (secondary N) is 1. The van der Waals surface area contributed by atoms with Gasteiger partial charge in [0.2, 0.25) is 10.0 Å². The Kier molecular flexibility index (Phi) is 2.64. The highest BCUT2D eigenvalue weighted by Crippen LogP contribution is 2.11. The van der Waals surface area contributed by atoms with Crippen LogP contribution in [0.4, 0.5) is 5.69 Å². The first-order valence-corrected chi connectivity index (χ1v) is 4.84. The largest absolute Gasteiger partial charge is 0.318 e. The summed E-state index contributed by atoms with van der Waals surface area (Å²) in [6.07, 6.45) is 1.46. The molecule has 0 aliphatic rings. The van der Waals surface area contributed by atoms with E-state index >= 15 is 0 Å². The third-order valence-corrected chi connectivity index (χ3v) is 2.31. The summed E-state index contributed by atoms with van der Waals surface area (Å²) in [7, 11) is -3.66. The van der Waals surface area contributed by atoms with Crippen molar-refractivity contribution in [1.82, 2.24) is 0 Å². The summed E-state index contributed by atoms with van der Waals surface area (Å²) in [5, 5.41) is 7.10. The molecule has 0 aromatic heterocycles. The molecule has 1 aromatic rings. The van der Waals surface area contributed by atoms with Crippen LogP contribution in [-0.4, -0.2) is 14.8 Å². The molecule has 1 amide bonds. The molecule has 0 aliphatic heterocycles. The zero-order valence-electron chi connectivity index (χ0n) is 6.52. The van der Waals surface area contributed by atoms with Gasteiger partial charge in [-0.25, -0.2) is 13.6 Å². The van der Waals surface area contributed by atoms with Gasteiger partial charge in [0.15, 0.2) is 0 Å². The van der Waals surface area contributed by atoms with Crippen LogP contribution >= 0.6 is 0 Å². The zero-order chi connectivity index (χ0) is 9.90. The molecule has 1 aromatic carbocycles. The van der Waals surface area contributed by atoms with Gasteiger partial charge in [0.25, 0.3) is 0 Å². The quantitative estimate of drug-likeness (QED) is 0.661. The van der Waals surface area contributed by atoms with Crippen molar-refractivity contribution in [3.63, 3.8) is 0 Å². The van der Waals surface area contributed by atoms with Gasteiger partial charge in [-0.05, 0) is 24.3 Å². The number of primary sulfonamides is 1. The molecule has 0 aliphatic carbocycles. The summed E-state index contributed by atoms with van der Waals surface area (Å²) in [5.41, 5.74) is 0.461. The van der Waals surface area contributed by atoms with Gasteiger partial charge in [0, 0.05) is 5.69 Å². The van der Waals surface area contributed by atoms with Crippen LogP contribution in [0.5, 0.6) is 0 Å². The second-order valence-corrected chi connectivity index (χ2v) is 3.86. The Bertz CT molecular complexity index is 396. The maximum absolute atomic E-state index is 10.8. The van der Waals surface area contributed by atoms with Crippen LogP contribution in [0.1, 0.15) is 0 Å². The van der Waals surface area contributed by atoms with Gasteiger partial charge >= 0.3 is 6.41 Å². The second kappa shape index (κ2) is 3.55. The van der Waals surface area contributed by atoms with Gasteiger partial charge in [0.1, 0.15) is 0 Å². The van der Waals surface area contributed by atoms with Gasteiger partial charge in [0.05, 0.1) is 4.90 Å². The number of carbonyl (C=O) groups excluding carboxylic acids is 1. The normalized spacial score (nSPS) is 10.8. The summed E-state index contributed by atoms with van der Waals surface area (Å²) in [5.74, 6) is 0. The molecule has 3 N–H and O–H groups in total. The number of amides is 1. The van der Waals surface area contributed by atoms with E-state index in [-0.39, 0.29) is 4.90 Å². The lowest BCUT2D eigenvalue weighted by atomic mass is 10.3. The third-order valence-electron chi connectivity index (χ3n) is 1.38. The highest BCUT2D eigenvalue weighted by atomic mass is 32.2. The monoisotopic (exact) mass is 199 g/mol. The van der Waals surface area contributed by atoms with Crippen molar-refractivity contribution in [2.24, 2.45) is 5.14 Å². The summed E-state index contributed by atoms with van der Waals surface area (Å²) in [4.78, 5) is 9.88. The Balaban J connectivity index is 3.01. The fourth-order valence-electron chi connectivity index (χ4n) is 0.787. The van der Waals surface area contributed by atoms with E-state index in [1.54, 1.807) is 0 Å². The molecule has 69 valence electrons. The van der Waals surface area contributed by atoms with Crippen molar-refractivity contribution in [2.45, 2.75) is 4.90 Å². The van der Waals surface area contributed by atoms with Gasteiger partial charge in [-0.1, -0.05) is 0 Å². The van der Waals surface area contributed by atoms with Crippen molar-refractivity contribution in [3.8, 4) is 0 Å². The minimum atomic E-state index is -3.66. The summed E-state index contributed by atoms with van der Waals surface area (Å²) >= 11 is 0. The van der Waals surface area contributed by atoms with Gasteiger partial charge in [-0.2, -0.15) is 0 Å².